The van der Waals surface area contributed by atoms with Gasteiger partial charge in [-0.3, -0.25) is 19.2 Å². The molecule has 0 aromatic carbocycles. The number of rotatable bonds is 7. The van der Waals surface area contributed by atoms with Crippen molar-refractivity contribution in [3.63, 3.8) is 0 Å². The van der Waals surface area contributed by atoms with E-state index in [0.29, 0.717) is 5.56 Å². The molecule has 4 heterocycles. The van der Waals surface area contributed by atoms with E-state index in [4.69, 9.17) is 42.3 Å². The van der Waals surface area contributed by atoms with Gasteiger partial charge in [-0.15, -0.1) is 0 Å². The topological polar surface area (TPSA) is 233 Å². The number of furan rings is 1. The maximum atomic E-state index is 14.1. The van der Waals surface area contributed by atoms with Gasteiger partial charge in [-0.25, -0.2) is 4.79 Å². The van der Waals surface area contributed by atoms with Gasteiger partial charge < -0.3 is 57.6 Å². The van der Waals surface area contributed by atoms with Crippen LogP contribution < -0.4 is 0 Å². The second-order valence-electron chi connectivity index (χ2n) is 17.4. The minimum Gasteiger partial charge on any atom is -0.472 e. The zero-order valence-corrected chi connectivity index (χ0v) is 31.0. The number of ether oxygens (including phenoxy) is 8. The van der Waals surface area contributed by atoms with E-state index in [0.717, 1.165) is 13.8 Å². The number of aliphatic hydroxyl groups excluding tert-OH is 2. The molecule has 0 unspecified atom stereocenters. The first kappa shape index (κ1) is 36.1. The first-order valence-electron chi connectivity index (χ1n) is 18.2. The lowest BCUT2D eigenvalue weighted by molar-refractivity contribution is -0.470. The van der Waals surface area contributed by atoms with E-state index in [-0.39, 0.29) is 12.8 Å². The number of aliphatic hydroxyl groups is 3. The molecule has 8 aliphatic rings. The van der Waals surface area contributed by atoms with Crippen molar-refractivity contribution in [3.8, 4) is 0 Å². The highest BCUT2D eigenvalue weighted by Gasteiger charge is 3.11. The second-order valence-corrected chi connectivity index (χ2v) is 17.4. The summed E-state index contributed by atoms with van der Waals surface area (Å²) in [6, 6.07) is 1.53. The van der Waals surface area contributed by atoms with E-state index >= 15 is 0 Å². The van der Waals surface area contributed by atoms with E-state index < -0.39 is 135 Å². The van der Waals surface area contributed by atoms with Crippen molar-refractivity contribution >= 4 is 29.8 Å². The summed E-state index contributed by atoms with van der Waals surface area (Å²) in [5, 5.41) is 39.5. The van der Waals surface area contributed by atoms with Crippen LogP contribution in [0, 0.1) is 33.5 Å². The smallest absolute Gasteiger partial charge is 0.336 e. The van der Waals surface area contributed by atoms with Gasteiger partial charge in [-0.2, -0.15) is 0 Å². The molecule has 1 aromatic rings. The number of hydrogen-bond donors (Lipinski definition) is 3. The maximum absolute atomic E-state index is 14.1. The number of fused-ring (bicyclic) bond motifs is 3. The van der Waals surface area contributed by atoms with Crippen molar-refractivity contribution in [3.05, 3.63) is 24.2 Å². The lowest BCUT2D eigenvalue weighted by atomic mass is 9.33. The number of methoxy groups -OCH3 is 1. The van der Waals surface area contributed by atoms with Crippen LogP contribution in [0.3, 0.4) is 0 Å². The van der Waals surface area contributed by atoms with E-state index in [1.807, 2.05) is 0 Å². The van der Waals surface area contributed by atoms with Crippen molar-refractivity contribution in [2.24, 2.45) is 33.5 Å². The molecule has 0 radical (unpaired) electrons. The molecule has 0 amide bonds. The third-order valence-electron chi connectivity index (χ3n) is 15.0. The Morgan fingerprint density at radius 3 is 2.26 bits per heavy atom. The molecule has 4 bridgehead atoms. The number of cyclic esters (lactones) is 1. The molecule has 3 N–H and O–H groups in total. The van der Waals surface area contributed by atoms with Crippen molar-refractivity contribution < 1.29 is 81.6 Å². The Morgan fingerprint density at radius 2 is 1.67 bits per heavy atom. The van der Waals surface area contributed by atoms with Crippen LogP contribution in [0.1, 0.15) is 79.4 Å². The minimum atomic E-state index is -2.38. The molecule has 5 saturated carbocycles. The van der Waals surface area contributed by atoms with Crippen LogP contribution in [0.15, 0.2) is 23.0 Å². The first-order chi connectivity index (χ1) is 25.1. The fourth-order valence-electron chi connectivity index (χ4n) is 13.7. The van der Waals surface area contributed by atoms with E-state index in [2.05, 4.69) is 0 Å². The number of hydrogen-bond acceptors (Lipinski definition) is 17. The van der Waals surface area contributed by atoms with Gasteiger partial charge in [0.2, 0.25) is 5.60 Å². The van der Waals surface area contributed by atoms with Gasteiger partial charge in [0.1, 0.15) is 41.2 Å². The van der Waals surface area contributed by atoms with Crippen LogP contribution in [0.25, 0.3) is 0 Å². The zero-order valence-electron chi connectivity index (χ0n) is 31.0. The SMILES string of the molecule is COC(=O)C[C@H]1[C@@]2(C)C[C@]3(O)[C@@](OC(=O)C(C)C)([C@H]4O[C@]5(C)O[C@@]6([C@H](O)[C@H](OC(C)=O)[C@]78C[C@]7([C@@H](O)C(=O)O[C@H]8c7ccoc7)[C@@]46O5)[C@]13C)[C@H]2OC(C)=O. The minimum absolute atomic E-state index is 0.224. The van der Waals surface area contributed by atoms with Crippen LogP contribution >= 0.6 is 0 Å². The standard InChI is InChI=1S/C37H44O17/c1-15(2)25(43)51-35-27(49-17(4)39)29(5)13-34(35,45)30(6,19(29)11-20(40)46-8)36-21(41)24(48-16(3)38)32-14-33(32,37(36)28(35)52-31(7,53-36)54-37)22(42)26(44)50-23(32)18-9-10-47-12-18/h9-10,12,15,19,21-24,27-28,41-42,45H,11,13-14H2,1-8H3/t19-,21+,22-,23-,24-,27-,28+,29+,30+,31+,32+,33+,34+,35-,36-,37-/m0/s1. The predicted molar refractivity (Wildman–Crippen MR) is 171 cm³/mol. The van der Waals surface area contributed by atoms with Crippen LogP contribution in [0.5, 0.6) is 0 Å². The third-order valence-corrected chi connectivity index (χ3v) is 15.0. The predicted octanol–water partition coefficient (Wildman–Crippen LogP) is 0.742. The van der Waals surface area contributed by atoms with Gasteiger partial charge in [0, 0.05) is 43.6 Å². The van der Waals surface area contributed by atoms with Gasteiger partial charge in [0.25, 0.3) is 5.97 Å². The van der Waals surface area contributed by atoms with Crippen molar-refractivity contribution in [2.45, 2.75) is 133 Å². The van der Waals surface area contributed by atoms with Crippen molar-refractivity contribution in [2.75, 3.05) is 7.11 Å². The van der Waals surface area contributed by atoms with Gasteiger partial charge >= 0.3 is 29.8 Å². The Bertz CT molecular complexity index is 1910. The Balaban J connectivity index is 1.44. The number of carbonyl (C=O) groups excluding carboxylic acids is 5. The second kappa shape index (κ2) is 10.0. The van der Waals surface area contributed by atoms with E-state index in [1.54, 1.807) is 27.7 Å². The molecule has 3 aliphatic heterocycles. The molecule has 54 heavy (non-hydrogen) atoms. The quantitative estimate of drug-likeness (QED) is 0.257. The Morgan fingerprint density at radius 1 is 1.00 bits per heavy atom. The lowest BCUT2D eigenvalue weighted by Gasteiger charge is -2.77. The summed E-state index contributed by atoms with van der Waals surface area (Å²) in [4.78, 5) is 67.9. The van der Waals surface area contributed by atoms with Crippen LogP contribution in [0.2, 0.25) is 0 Å². The lowest BCUT2D eigenvalue weighted by Crippen LogP contribution is -2.97. The highest BCUT2D eigenvalue weighted by atomic mass is 17.0. The summed E-state index contributed by atoms with van der Waals surface area (Å²) in [5.74, 6) is -8.37. The first-order valence-corrected chi connectivity index (χ1v) is 18.2. The Kier molecular flexibility index (Phi) is 6.70. The van der Waals surface area contributed by atoms with Crippen molar-refractivity contribution in [1.82, 2.24) is 0 Å². The summed E-state index contributed by atoms with van der Waals surface area (Å²) in [7, 11) is 1.18. The van der Waals surface area contributed by atoms with Crippen LogP contribution in [-0.2, 0) is 61.9 Å². The van der Waals surface area contributed by atoms with Gasteiger partial charge in [0.15, 0.2) is 12.2 Å². The molecule has 8 fully saturated rings. The molecule has 1 spiro atoms. The summed E-state index contributed by atoms with van der Waals surface area (Å²) < 4.78 is 55.8. The molecular weight excluding hydrogens is 716 g/mol. The molecule has 9 rings (SSSR count). The zero-order chi connectivity index (χ0) is 39.2. The Hall–Kier alpha value is -3.61. The highest BCUT2D eigenvalue weighted by molar-refractivity contribution is 5.82. The van der Waals surface area contributed by atoms with E-state index in [9.17, 15) is 39.3 Å². The monoisotopic (exact) mass is 760 g/mol. The molecule has 17 heteroatoms. The van der Waals surface area contributed by atoms with E-state index in [1.165, 1.54) is 32.6 Å². The highest BCUT2D eigenvalue weighted by Crippen LogP contribution is 2.95. The molecule has 16 atom stereocenters. The Labute approximate surface area is 308 Å². The molecular formula is C37H44O17. The molecule has 1 aromatic heterocycles. The molecule has 17 nitrogen and oxygen atoms in total. The summed E-state index contributed by atoms with van der Waals surface area (Å²) in [5.41, 5.74) is -16.1. The fourth-order valence-corrected chi connectivity index (χ4v) is 13.7. The van der Waals surface area contributed by atoms with Gasteiger partial charge in [-0.05, 0) is 24.8 Å². The fraction of sp³-hybridized carbons (Fsp3) is 0.757. The molecule has 3 saturated heterocycles. The normalized spacial score (nSPS) is 53.6. The summed E-state index contributed by atoms with van der Waals surface area (Å²) in [6.07, 6.45) is -8.54. The summed E-state index contributed by atoms with van der Waals surface area (Å²) in [6.45, 7) is 10.0. The number of esters is 5. The third kappa shape index (κ3) is 3.23. The average molecular weight is 761 g/mol. The number of carbonyl (C=O) groups is 5. The van der Waals surface area contributed by atoms with Gasteiger partial charge in [-0.1, -0.05) is 27.7 Å². The largest absolute Gasteiger partial charge is 0.472 e. The summed E-state index contributed by atoms with van der Waals surface area (Å²) >= 11 is 0. The van der Waals surface area contributed by atoms with Crippen molar-refractivity contribution in [1.29, 1.82) is 0 Å². The molecule has 294 valence electrons. The van der Waals surface area contributed by atoms with Gasteiger partial charge in [0.05, 0.1) is 36.4 Å². The average Bonchev–Trinajstić information content (AvgIpc) is 3.43. The van der Waals surface area contributed by atoms with Crippen LogP contribution in [0.4, 0.5) is 0 Å². The van der Waals surface area contributed by atoms with Crippen LogP contribution in [-0.4, -0.2) is 111 Å². The maximum Gasteiger partial charge on any atom is 0.336 e. The molecule has 5 aliphatic carbocycles.